The second kappa shape index (κ2) is 8.84. The molecule has 3 aromatic rings. The van der Waals surface area contributed by atoms with Crippen LogP contribution in [0, 0.1) is 11.8 Å². The monoisotopic (exact) mass is 429 g/mol. The molecule has 2 aromatic carbocycles. The molecule has 1 saturated carbocycles. The number of imidazole rings is 1. The number of nitrogens with zero attached hydrogens (tertiary/aromatic N) is 2. The molecule has 2 unspecified atom stereocenters. The second-order valence-corrected chi connectivity index (χ2v) is 9.95. The lowest BCUT2D eigenvalue weighted by atomic mass is 9.57. The number of hydrogen-bond donors (Lipinski definition) is 2. The van der Waals surface area contributed by atoms with E-state index in [4.69, 9.17) is 4.98 Å². The van der Waals surface area contributed by atoms with Gasteiger partial charge in [-0.25, -0.2) is 4.98 Å². The Kier molecular flexibility index (Phi) is 5.92. The van der Waals surface area contributed by atoms with E-state index in [1.807, 2.05) is 12.1 Å². The molecule has 168 valence electrons. The molecule has 3 atom stereocenters. The number of allylic oxidation sites excluding steroid dienone is 1. The number of fused-ring (bicyclic) bond motifs is 3. The van der Waals surface area contributed by atoms with Crippen LogP contribution in [0.15, 0.2) is 60.2 Å². The Labute approximate surface area is 191 Å². The van der Waals surface area contributed by atoms with Crippen LogP contribution < -0.4 is 0 Å². The third-order valence-corrected chi connectivity index (χ3v) is 7.84. The van der Waals surface area contributed by atoms with Gasteiger partial charge in [0, 0.05) is 18.9 Å². The van der Waals surface area contributed by atoms with Gasteiger partial charge in [0.25, 0.3) is 0 Å². The highest BCUT2D eigenvalue weighted by molar-refractivity contribution is 5.75. The molecule has 0 radical (unpaired) electrons. The van der Waals surface area contributed by atoms with Gasteiger partial charge in [0.15, 0.2) is 0 Å². The Hall–Kier alpha value is -2.43. The first-order valence-corrected chi connectivity index (χ1v) is 12.1. The molecule has 4 heteroatoms. The topological polar surface area (TPSA) is 52.1 Å². The Morgan fingerprint density at radius 2 is 1.84 bits per heavy atom. The summed E-state index contributed by atoms with van der Waals surface area (Å²) in [7, 11) is 2.18. The van der Waals surface area contributed by atoms with Crippen molar-refractivity contribution in [2.24, 2.45) is 11.8 Å². The fourth-order valence-corrected chi connectivity index (χ4v) is 6.04. The van der Waals surface area contributed by atoms with Crippen LogP contribution in [0.1, 0.15) is 50.4 Å². The van der Waals surface area contributed by atoms with Crippen LogP contribution in [0.5, 0.6) is 0 Å². The number of aromatic amines is 1. The summed E-state index contributed by atoms with van der Waals surface area (Å²) in [6.45, 7) is 4.24. The van der Waals surface area contributed by atoms with Crippen LogP contribution in [0.4, 0.5) is 0 Å². The fourth-order valence-electron chi connectivity index (χ4n) is 6.04. The molecule has 6 rings (SSSR count). The summed E-state index contributed by atoms with van der Waals surface area (Å²) < 4.78 is 0. The number of aryl methyl sites for hydroxylation is 1. The van der Waals surface area contributed by atoms with Crippen LogP contribution in [0.3, 0.4) is 0 Å². The Morgan fingerprint density at radius 3 is 2.66 bits per heavy atom. The molecule has 1 fully saturated rings. The van der Waals surface area contributed by atoms with E-state index in [0.29, 0.717) is 5.92 Å². The van der Waals surface area contributed by atoms with Gasteiger partial charge in [0.1, 0.15) is 5.82 Å². The van der Waals surface area contributed by atoms with Crippen LogP contribution in [0.2, 0.25) is 0 Å². The van der Waals surface area contributed by atoms with Gasteiger partial charge in [0.2, 0.25) is 0 Å². The average molecular weight is 430 g/mol. The number of aromatic nitrogens is 2. The largest absolute Gasteiger partial charge is 0.389 e. The first kappa shape index (κ1) is 21.4. The molecule has 4 nitrogen and oxygen atoms in total. The van der Waals surface area contributed by atoms with Gasteiger partial charge < -0.3 is 15.0 Å². The zero-order chi connectivity index (χ0) is 22.1. The van der Waals surface area contributed by atoms with Gasteiger partial charge in [-0.1, -0.05) is 48.0 Å². The summed E-state index contributed by atoms with van der Waals surface area (Å²) in [5.74, 6) is 1.85. The van der Waals surface area contributed by atoms with E-state index >= 15 is 0 Å². The van der Waals surface area contributed by atoms with Gasteiger partial charge in [-0.2, -0.15) is 0 Å². The number of hydrogen-bond acceptors (Lipinski definition) is 3. The van der Waals surface area contributed by atoms with E-state index in [1.54, 1.807) is 0 Å². The van der Waals surface area contributed by atoms with Crippen molar-refractivity contribution in [3.63, 3.8) is 0 Å². The van der Waals surface area contributed by atoms with E-state index in [0.717, 1.165) is 62.1 Å². The van der Waals surface area contributed by atoms with Crippen LogP contribution in [0.25, 0.3) is 16.6 Å². The first-order valence-electron chi connectivity index (χ1n) is 12.1. The third kappa shape index (κ3) is 4.14. The highest BCUT2D eigenvalue weighted by atomic mass is 16.3. The lowest BCUT2D eigenvalue weighted by Gasteiger charge is -2.51. The van der Waals surface area contributed by atoms with Crippen LogP contribution >= 0.6 is 0 Å². The molecular weight excluding hydrogens is 394 g/mol. The van der Waals surface area contributed by atoms with E-state index in [9.17, 15) is 5.11 Å². The molecule has 32 heavy (non-hydrogen) atoms. The molecule has 1 aromatic heterocycles. The summed E-state index contributed by atoms with van der Waals surface area (Å²) in [6, 6.07) is 18.9. The minimum Gasteiger partial charge on any atom is -0.389 e. The molecule has 0 spiro atoms. The SMILES string of the molecule is CC1=C(c2ccccc2)C2CC[C@H]1CC2(O)CCN(C)CCCc1nc2ccccc2[nH]1. The molecular formula is C28H35N3O. The maximum Gasteiger partial charge on any atom is 0.107 e. The first-order chi connectivity index (χ1) is 15.5. The maximum atomic E-state index is 11.8. The van der Waals surface area contributed by atoms with E-state index in [2.05, 4.69) is 66.3 Å². The minimum absolute atomic E-state index is 0.263. The molecule has 3 aliphatic rings. The molecule has 0 aliphatic heterocycles. The number of H-pyrrole nitrogens is 1. The van der Waals surface area contributed by atoms with Crippen molar-refractivity contribution >= 4 is 16.6 Å². The predicted molar refractivity (Wildman–Crippen MR) is 131 cm³/mol. The van der Waals surface area contributed by atoms with Gasteiger partial charge in [-0.15, -0.1) is 0 Å². The minimum atomic E-state index is -0.583. The maximum absolute atomic E-state index is 11.8. The van der Waals surface area contributed by atoms with Gasteiger partial charge in [-0.3, -0.25) is 0 Å². The smallest absolute Gasteiger partial charge is 0.107 e. The molecule has 3 aliphatic carbocycles. The zero-order valence-electron chi connectivity index (χ0n) is 19.3. The second-order valence-electron chi connectivity index (χ2n) is 9.95. The highest BCUT2D eigenvalue weighted by Crippen LogP contribution is 2.54. The number of rotatable bonds is 8. The average Bonchev–Trinajstić information content (AvgIpc) is 3.22. The van der Waals surface area contributed by atoms with E-state index in [-0.39, 0.29) is 5.92 Å². The third-order valence-electron chi connectivity index (χ3n) is 7.84. The van der Waals surface area contributed by atoms with Crippen LogP contribution in [-0.4, -0.2) is 45.7 Å². The van der Waals surface area contributed by atoms with Crippen LogP contribution in [-0.2, 0) is 6.42 Å². The summed E-state index contributed by atoms with van der Waals surface area (Å²) in [4.78, 5) is 10.5. The van der Waals surface area contributed by atoms with Gasteiger partial charge >= 0.3 is 0 Å². The number of aliphatic hydroxyl groups is 1. The number of para-hydroxylation sites is 2. The molecule has 0 saturated heterocycles. The summed E-state index contributed by atoms with van der Waals surface area (Å²) in [6.07, 6.45) is 6.12. The van der Waals surface area contributed by atoms with Crippen molar-refractivity contribution in [1.29, 1.82) is 0 Å². The quantitative estimate of drug-likeness (QED) is 0.500. The number of nitrogens with one attached hydrogen (secondary N) is 1. The lowest BCUT2D eigenvalue weighted by Crippen LogP contribution is -2.49. The van der Waals surface area contributed by atoms with Crippen molar-refractivity contribution < 1.29 is 5.11 Å². The normalized spacial score (nSPS) is 25.2. The molecule has 0 amide bonds. The highest BCUT2D eigenvalue weighted by Gasteiger charge is 2.49. The van der Waals surface area contributed by atoms with Gasteiger partial charge in [0.05, 0.1) is 16.6 Å². The summed E-state index contributed by atoms with van der Waals surface area (Å²) >= 11 is 0. The lowest BCUT2D eigenvalue weighted by molar-refractivity contribution is -0.0578. The Morgan fingerprint density at radius 1 is 1.06 bits per heavy atom. The van der Waals surface area contributed by atoms with Gasteiger partial charge in [-0.05, 0) is 81.8 Å². The van der Waals surface area contributed by atoms with Crippen molar-refractivity contribution in [2.75, 3.05) is 20.1 Å². The predicted octanol–water partition coefficient (Wildman–Crippen LogP) is 5.45. The van der Waals surface area contributed by atoms with E-state index < -0.39 is 5.60 Å². The van der Waals surface area contributed by atoms with Crippen molar-refractivity contribution in [3.8, 4) is 0 Å². The number of benzene rings is 2. The Balaban J connectivity index is 1.18. The molecule has 2 N–H and O–H groups in total. The van der Waals surface area contributed by atoms with Crippen molar-refractivity contribution in [2.45, 2.75) is 51.0 Å². The Bertz CT molecular complexity index is 1070. The molecule has 2 bridgehead atoms. The fraction of sp³-hybridized carbons (Fsp3) is 0.464. The summed E-state index contributed by atoms with van der Waals surface area (Å²) in [5, 5.41) is 11.8. The van der Waals surface area contributed by atoms with Crippen molar-refractivity contribution in [3.05, 3.63) is 71.6 Å². The summed E-state index contributed by atoms with van der Waals surface area (Å²) in [5.41, 5.74) is 5.81. The standard InChI is InChI=1S/C28H35N3O/c1-20-22-14-15-23(27(20)21-9-4-3-5-10-21)28(32,19-22)16-18-31(2)17-8-13-26-29-24-11-6-7-12-25(24)30-26/h3-7,9-12,22-23,32H,8,13-19H2,1-2H3,(H,29,30)/t22-,23?,28?/m0/s1. The van der Waals surface area contributed by atoms with Crippen molar-refractivity contribution in [1.82, 2.24) is 14.9 Å². The van der Waals surface area contributed by atoms with E-state index in [1.165, 1.54) is 23.1 Å². The molecule has 1 heterocycles. The zero-order valence-corrected chi connectivity index (χ0v) is 19.3.